The number of likely N-dealkylation sites (N-methyl/N-ethyl adjacent to an activating group) is 1. The van der Waals surface area contributed by atoms with E-state index in [-0.39, 0.29) is 19.1 Å². The van der Waals surface area contributed by atoms with E-state index in [1.54, 1.807) is 6.08 Å². The third-order valence-electron chi connectivity index (χ3n) is 13.1. The number of aliphatic hydroxyl groups excluding tert-OH is 1. The molecule has 3 unspecified atom stereocenters. The Morgan fingerprint density at radius 2 is 0.866 bits per heavy atom. The average Bonchev–Trinajstić information content (AvgIpc) is 3.29. The van der Waals surface area contributed by atoms with Crippen LogP contribution in [-0.4, -0.2) is 68.5 Å². The summed E-state index contributed by atoms with van der Waals surface area (Å²) in [5.41, 5.74) is 0. The molecule has 0 aromatic heterocycles. The zero-order valence-corrected chi connectivity index (χ0v) is 46.0. The van der Waals surface area contributed by atoms with Crippen LogP contribution in [0.3, 0.4) is 0 Å². The van der Waals surface area contributed by atoms with Gasteiger partial charge in [0.25, 0.3) is 7.82 Å². The van der Waals surface area contributed by atoms with E-state index in [0.717, 1.165) is 51.4 Å². The van der Waals surface area contributed by atoms with Gasteiger partial charge in [-0.1, -0.05) is 256 Å². The van der Waals surface area contributed by atoms with Gasteiger partial charge in [0.1, 0.15) is 13.2 Å². The van der Waals surface area contributed by atoms with Crippen LogP contribution in [-0.2, 0) is 18.4 Å². The highest BCUT2D eigenvalue weighted by Gasteiger charge is 2.23. The van der Waals surface area contributed by atoms with Crippen molar-refractivity contribution in [1.29, 1.82) is 0 Å². The minimum absolute atomic E-state index is 0.0000437. The van der Waals surface area contributed by atoms with E-state index < -0.39 is 20.0 Å². The first-order valence-corrected chi connectivity index (χ1v) is 30.3. The summed E-state index contributed by atoms with van der Waals surface area (Å²) in [5, 5.41) is 13.7. The van der Waals surface area contributed by atoms with Crippen molar-refractivity contribution >= 4 is 13.7 Å². The zero-order valence-electron chi connectivity index (χ0n) is 45.1. The Morgan fingerprint density at radius 1 is 0.522 bits per heavy atom. The normalized spacial score (nSPS) is 14.2. The first kappa shape index (κ1) is 65.7. The summed E-state index contributed by atoms with van der Waals surface area (Å²) >= 11 is 0. The van der Waals surface area contributed by atoms with Crippen LogP contribution in [0.2, 0.25) is 0 Å². The molecule has 0 fully saturated rings. The van der Waals surface area contributed by atoms with Gasteiger partial charge in [0.05, 0.1) is 39.9 Å². The molecule has 0 aliphatic carbocycles. The van der Waals surface area contributed by atoms with E-state index in [1.807, 2.05) is 27.2 Å². The van der Waals surface area contributed by atoms with Gasteiger partial charge in [0.2, 0.25) is 5.91 Å². The van der Waals surface area contributed by atoms with Crippen molar-refractivity contribution in [3.63, 3.8) is 0 Å². The molecule has 0 aromatic rings. The number of phosphoric acid groups is 1. The van der Waals surface area contributed by atoms with Crippen molar-refractivity contribution in [2.24, 2.45) is 0 Å². The number of amides is 1. The lowest BCUT2D eigenvalue weighted by molar-refractivity contribution is -0.870. The largest absolute Gasteiger partial charge is 0.756 e. The topological polar surface area (TPSA) is 108 Å². The molecule has 0 rings (SSSR count). The van der Waals surface area contributed by atoms with Gasteiger partial charge in [-0.3, -0.25) is 9.36 Å². The van der Waals surface area contributed by atoms with Gasteiger partial charge < -0.3 is 28.8 Å². The Balaban J connectivity index is 3.69. The summed E-state index contributed by atoms with van der Waals surface area (Å²) in [6.07, 6.45) is 64.4. The highest BCUT2D eigenvalue weighted by molar-refractivity contribution is 7.45. The molecule has 0 aliphatic heterocycles. The standard InChI is InChI=1S/C58H113N2O6P/c1-6-8-10-12-14-15-16-17-18-19-20-21-22-23-24-25-26-27-28-29-30-31-32-33-34-35-36-37-38-39-40-41-42-43-44-45-46-48-50-52-58(62)59-56(57(61)51-49-47-13-11-9-7-2)55-66-67(63,64)65-54-53-60(3,4)5/h16-17,19-20,49,51,56-57,61H,6-15,18,21-48,50,52-55H2,1-5H3,(H-,59,62,63,64)/b17-16-,20-19-,51-49+. The molecule has 1 amide bonds. The number of hydrogen-bond acceptors (Lipinski definition) is 6. The Morgan fingerprint density at radius 3 is 1.25 bits per heavy atom. The maximum Gasteiger partial charge on any atom is 0.268 e. The highest BCUT2D eigenvalue weighted by atomic mass is 31.2. The fourth-order valence-electron chi connectivity index (χ4n) is 8.54. The molecule has 8 nitrogen and oxygen atoms in total. The van der Waals surface area contributed by atoms with Gasteiger partial charge in [0.15, 0.2) is 0 Å². The average molecular weight is 966 g/mol. The van der Waals surface area contributed by atoms with Crippen molar-refractivity contribution in [1.82, 2.24) is 5.32 Å². The molecule has 0 saturated carbocycles. The van der Waals surface area contributed by atoms with E-state index >= 15 is 0 Å². The van der Waals surface area contributed by atoms with Gasteiger partial charge in [0, 0.05) is 6.42 Å². The molecule has 2 N–H and O–H groups in total. The van der Waals surface area contributed by atoms with E-state index in [4.69, 9.17) is 9.05 Å². The number of hydrogen-bond donors (Lipinski definition) is 2. The Labute approximate surface area is 417 Å². The summed E-state index contributed by atoms with van der Waals surface area (Å²) in [6.45, 7) is 4.57. The number of nitrogens with one attached hydrogen (secondary N) is 1. The van der Waals surface area contributed by atoms with Gasteiger partial charge in [-0.05, 0) is 51.4 Å². The Bertz CT molecular complexity index is 1190. The molecule has 0 aromatic carbocycles. The molecule has 67 heavy (non-hydrogen) atoms. The smallest absolute Gasteiger partial charge is 0.268 e. The van der Waals surface area contributed by atoms with Gasteiger partial charge >= 0.3 is 0 Å². The second-order valence-corrected chi connectivity index (χ2v) is 22.4. The quantitative estimate of drug-likeness (QED) is 0.0272. The van der Waals surface area contributed by atoms with Gasteiger partial charge in [-0.15, -0.1) is 0 Å². The van der Waals surface area contributed by atoms with Crippen LogP contribution in [0.4, 0.5) is 0 Å². The molecule has 9 heteroatoms. The predicted molar refractivity (Wildman–Crippen MR) is 288 cm³/mol. The first-order valence-electron chi connectivity index (χ1n) is 28.9. The molecular weight excluding hydrogens is 852 g/mol. The van der Waals surface area contributed by atoms with E-state index in [9.17, 15) is 19.4 Å². The SMILES string of the molecule is CCCCCC/C=C/C(O)C(COP(=O)([O-])OCC[N+](C)(C)C)NC(=O)CCCCCCCCCCCCCCCCCCCCCCCCCCCCC/C=C\C/C=C\CCCCCCC. The Hall–Kier alpha value is -1.28. The maximum atomic E-state index is 12.8. The zero-order chi connectivity index (χ0) is 49.2. The summed E-state index contributed by atoms with van der Waals surface area (Å²) in [4.78, 5) is 25.2. The van der Waals surface area contributed by atoms with Crippen LogP contribution in [0.15, 0.2) is 36.5 Å². The lowest BCUT2D eigenvalue weighted by Crippen LogP contribution is -2.45. The number of unbranched alkanes of at least 4 members (excludes halogenated alkanes) is 36. The number of nitrogens with zero attached hydrogens (tertiary/aromatic N) is 1. The van der Waals surface area contributed by atoms with Crippen LogP contribution in [0.5, 0.6) is 0 Å². The van der Waals surface area contributed by atoms with Crippen molar-refractivity contribution in [2.45, 2.75) is 289 Å². The van der Waals surface area contributed by atoms with Crippen LogP contribution < -0.4 is 10.2 Å². The molecule has 0 saturated heterocycles. The number of carbonyl (C=O) groups excluding carboxylic acids is 1. The second kappa shape index (κ2) is 49.7. The monoisotopic (exact) mass is 965 g/mol. The fourth-order valence-corrected chi connectivity index (χ4v) is 9.26. The van der Waals surface area contributed by atoms with Crippen molar-refractivity contribution in [3.8, 4) is 0 Å². The third-order valence-corrected chi connectivity index (χ3v) is 14.1. The number of allylic oxidation sites excluding steroid dienone is 5. The lowest BCUT2D eigenvalue weighted by atomic mass is 10.0. The number of rotatable bonds is 53. The number of aliphatic hydroxyl groups is 1. The third kappa shape index (κ3) is 52.4. The van der Waals surface area contributed by atoms with E-state index in [1.165, 1.54) is 205 Å². The summed E-state index contributed by atoms with van der Waals surface area (Å²) in [7, 11) is 1.27. The van der Waals surface area contributed by atoms with Crippen molar-refractivity contribution in [2.75, 3.05) is 40.9 Å². The molecular formula is C58H113N2O6P. The minimum atomic E-state index is -4.58. The molecule has 0 bridgehead atoms. The first-order chi connectivity index (χ1) is 32.5. The maximum absolute atomic E-state index is 12.8. The molecule has 0 heterocycles. The van der Waals surface area contributed by atoms with Crippen molar-refractivity contribution < 1.29 is 32.9 Å². The molecule has 3 atom stereocenters. The summed E-state index contributed by atoms with van der Waals surface area (Å²) in [6, 6.07) is -0.880. The number of quaternary nitrogens is 1. The van der Waals surface area contributed by atoms with Crippen LogP contribution in [0, 0.1) is 0 Å². The van der Waals surface area contributed by atoms with Crippen LogP contribution in [0.25, 0.3) is 0 Å². The van der Waals surface area contributed by atoms with Crippen molar-refractivity contribution in [3.05, 3.63) is 36.5 Å². The molecule has 0 radical (unpaired) electrons. The molecule has 0 spiro atoms. The van der Waals surface area contributed by atoms with E-state index in [2.05, 4.69) is 43.5 Å². The van der Waals surface area contributed by atoms with Gasteiger partial charge in [-0.2, -0.15) is 0 Å². The second-order valence-electron chi connectivity index (χ2n) is 21.0. The van der Waals surface area contributed by atoms with Gasteiger partial charge in [-0.25, -0.2) is 0 Å². The van der Waals surface area contributed by atoms with Crippen LogP contribution >= 0.6 is 7.82 Å². The molecule has 0 aliphatic rings. The highest BCUT2D eigenvalue weighted by Crippen LogP contribution is 2.38. The summed E-state index contributed by atoms with van der Waals surface area (Å²) < 4.78 is 23.1. The van der Waals surface area contributed by atoms with Crippen LogP contribution in [0.1, 0.15) is 277 Å². The molecule has 396 valence electrons. The minimum Gasteiger partial charge on any atom is -0.756 e. The summed E-state index contributed by atoms with van der Waals surface area (Å²) in [5.74, 6) is -0.199. The number of carbonyl (C=O) groups is 1. The lowest BCUT2D eigenvalue weighted by Gasteiger charge is -2.29. The van der Waals surface area contributed by atoms with E-state index in [0.29, 0.717) is 17.4 Å². The predicted octanol–water partition coefficient (Wildman–Crippen LogP) is 16.7. The fraction of sp³-hybridized carbons (Fsp3) is 0.879. The number of phosphoric ester groups is 1. The Kier molecular flexibility index (Phi) is 48.7.